The highest BCUT2D eigenvalue weighted by Crippen LogP contribution is 2.22. The zero-order chi connectivity index (χ0) is 18.5. The van der Waals surface area contributed by atoms with Gasteiger partial charge in [0, 0.05) is 30.9 Å². The highest BCUT2D eigenvalue weighted by atomic mass is 16.7. The van der Waals surface area contributed by atoms with Crippen LogP contribution in [-0.4, -0.2) is 40.0 Å². The number of fused-ring (bicyclic) bond motifs is 1. The number of hydrogen-bond acceptors (Lipinski definition) is 6. The fraction of sp³-hybridized carbons (Fsp3) is 0.167. The molecule has 2 aromatic rings. The molecule has 2 N–H and O–H groups in total. The third-order valence-electron chi connectivity index (χ3n) is 3.84. The average molecular weight is 352 g/mol. The number of rotatable bonds is 6. The maximum absolute atomic E-state index is 12.2. The standard InChI is InChI=1S/C18H16N4O4/c19-16(12-5-3-9-20-11-12)21-26-15(23)8-4-10-22-17(24)13-6-1-2-7-14(13)18(22)25/h1-3,5-7,9,11H,4,8,10H2,(H2,19,21). The summed E-state index contributed by atoms with van der Waals surface area (Å²) in [7, 11) is 0. The van der Waals surface area contributed by atoms with Crippen LogP contribution in [0.3, 0.4) is 0 Å². The van der Waals surface area contributed by atoms with E-state index in [0.29, 0.717) is 16.7 Å². The molecule has 0 aliphatic carbocycles. The summed E-state index contributed by atoms with van der Waals surface area (Å²) in [6.07, 6.45) is 3.35. The largest absolute Gasteiger partial charge is 0.380 e. The number of imide groups is 1. The number of oxime groups is 1. The van der Waals surface area contributed by atoms with Crippen LogP contribution in [0.25, 0.3) is 0 Å². The minimum absolute atomic E-state index is 0.00275. The van der Waals surface area contributed by atoms with Crippen molar-refractivity contribution < 1.29 is 19.2 Å². The second-order valence-corrected chi connectivity index (χ2v) is 5.59. The fourth-order valence-corrected chi connectivity index (χ4v) is 2.54. The number of nitrogens with two attached hydrogens (primary N) is 1. The average Bonchev–Trinajstić information content (AvgIpc) is 2.92. The predicted molar refractivity (Wildman–Crippen MR) is 92.1 cm³/mol. The van der Waals surface area contributed by atoms with Crippen LogP contribution < -0.4 is 5.73 Å². The molecule has 1 aliphatic heterocycles. The third kappa shape index (κ3) is 3.59. The lowest BCUT2D eigenvalue weighted by Crippen LogP contribution is -2.31. The van der Waals surface area contributed by atoms with Crippen molar-refractivity contribution in [3.05, 3.63) is 65.5 Å². The van der Waals surface area contributed by atoms with E-state index in [9.17, 15) is 14.4 Å². The van der Waals surface area contributed by atoms with Gasteiger partial charge in [0.1, 0.15) is 0 Å². The summed E-state index contributed by atoms with van der Waals surface area (Å²) < 4.78 is 0. The van der Waals surface area contributed by atoms with Crippen molar-refractivity contribution in [1.29, 1.82) is 0 Å². The molecule has 0 spiro atoms. The molecule has 0 saturated heterocycles. The van der Waals surface area contributed by atoms with Gasteiger partial charge in [-0.15, -0.1) is 0 Å². The van der Waals surface area contributed by atoms with Gasteiger partial charge in [-0.3, -0.25) is 19.5 Å². The van der Waals surface area contributed by atoms with Crippen LogP contribution >= 0.6 is 0 Å². The van der Waals surface area contributed by atoms with Crippen molar-refractivity contribution >= 4 is 23.6 Å². The van der Waals surface area contributed by atoms with Gasteiger partial charge < -0.3 is 10.6 Å². The van der Waals surface area contributed by atoms with Crippen molar-refractivity contribution in [3.8, 4) is 0 Å². The number of nitrogens with zero attached hydrogens (tertiary/aromatic N) is 3. The predicted octanol–water partition coefficient (Wildman–Crippen LogP) is 1.32. The van der Waals surface area contributed by atoms with E-state index in [4.69, 9.17) is 10.6 Å². The summed E-state index contributed by atoms with van der Waals surface area (Å²) in [4.78, 5) is 45.9. The van der Waals surface area contributed by atoms with Crippen LogP contribution in [0.1, 0.15) is 39.1 Å². The first-order chi connectivity index (χ1) is 12.6. The van der Waals surface area contributed by atoms with Crippen molar-refractivity contribution in [2.45, 2.75) is 12.8 Å². The van der Waals surface area contributed by atoms with Gasteiger partial charge in [0.15, 0.2) is 5.84 Å². The second-order valence-electron chi connectivity index (χ2n) is 5.59. The zero-order valence-electron chi connectivity index (χ0n) is 13.8. The molecule has 1 aromatic carbocycles. The number of hydrogen-bond donors (Lipinski definition) is 1. The van der Waals surface area contributed by atoms with Crippen LogP contribution in [0.15, 0.2) is 53.9 Å². The van der Waals surface area contributed by atoms with Gasteiger partial charge in [-0.2, -0.15) is 0 Å². The summed E-state index contributed by atoms with van der Waals surface area (Å²) in [6, 6.07) is 9.99. The smallest absolute Gasteiger partial charge is 0.335 e. The molecular formula is C18H16N4O4. The molecule has 0 bridgehead atoms. The van der Waals surface area contributed by atoms with Gasteiger partial charge in [0.25, 0.3) is 11.8 Å². The molecular weight excluding hydrogens is 336 g/mol. The van der Waals surface area contributed by atoms with Crippen LogP contribution in [-0.2, 0) is 9.63 Å². The van der Waals surface area contributed by atoms with Crippen molar-refractivity contribution in [1.82, 2.24) is 9.88 Å². The number of aromatic nitrogens is 1. The van der Waals surface area contributed by atoms with E-state index < -0.39 is 5.97 Å². The van der Waals surface area contributed by atoms with E-state index in [1.165, 1.54) is 6.20 Å². The Bertz CT molecular complexity index is 845. The van der Waals surface area contributed by atoms with Crippen LogP contribution in [0, 0.1) is 0 Å². The molecule has 0 atom stereocenters. The molecule has 0 radical (unpaired) electrons. The highest BCUT2D eigenvalue weighted by molar-refractivity contribution is 6.21. The van der Waals surface area contributed by atoms with Crippen LogP contribution in [0.4, 0.5) is 0 Å². The van der Waals surface area contributed by atoms with E-state index in [2.05, 4.69) is 10.1 Å². The van der Waals surface area contributed by atoms with Gasteiger partial charge in [-0.1, -0.05) is 17.3 Å². The molecule has 0 fully saturated rings. The number of carbonyl (C=O) groups excluding carboxylic acids is 3. The number of pyridine rings is 1. The summed E-state index contributed by atoms with van der Waals surface area (Å²) in [5.41, 5.74) is 6.99. The number of benzene rings is 1. The maximum Gasteiger partial charge on any atom is 0.335 e. The van der Waals surface area contributed by atoms with E-state index in [1.54, 1.807) is 42.6 Å². The Morgan fingerprint density at radius 2 is 1.81 bits per heavy atom. The molecule has 8 heteroatoms. The van der Waals surface area contributed by atoms with Gasteiger partial charge >= 0.3 is 5.97 Å². The van der Waals surface area contributed by atoms with Crippen LogP contribution in [0.2, 0.25) is 0 Å². The van der Waals surface area contributed by atoms with E-state index in [1.807, 2.05) is 0 Å². The van der Waals surface area contributed by atoms with E-state index >= 15 is 0 Å². The maximum atomic E-state index is 12.2. The van der Waals surface area contributed by atoms with Gasteiger partial charge in [-0.05, 0) is 30.7 Å². The first kappa shape index (κ1) is 17.3. The third-order valence-corrected chi connectivity index (χ3v) is 3.84. The number of amidine groups is 1. The topological polar surface area (TPSA) is 115 Å². The quantitative estimate of drug-likeness (QED) is 0.276. The molecule has 0 saturated carbocycles. The lowest BCUT2D eigenvalue weighted by molar-refractivity contribution is -0.143. The summed E-state index contributed by atoms with van der Waals surface area (Å²) in [5, 5.41) is 3.56. The van der Waals surface area contributed by atoms with Crippen molar-refractivity contribution in [2.75, 3.05) is 6.54 Å². The number of carbonyl (C=O) groups is 3. The zero-order valence-corrected chi connectivity index (χ0v) is 13.8. The Balaban J connectivity index is 1.49. The molecule has 1 aromatic heterocycles. The number of amides is 2. The van der Waals surface area contributed by atoms with Crippen molar-refractivity contribution in [3.63, 3.8) is 0 Å². The first-order valence-corrected chi connectivity index (χ1v) is 7.97. The summed E-state index contributed by atoms with van der Waals surface area (Å²) in [6.45, 7) is 0.128. The highest BCUT2D eigenvalue weighted by Gasteiger charge is 2.34. The molecule has 132 valence electrons. The Hall–Kier alpha value is -3.55. The Labute approximate surface area is 149 Å². The Morgan fingerprint density at radius 1 is 1.12 bits per heavy atom. The Kier molecular flexibility index (Phi) is 5.02. The summed E-state index contributed by atoms with van der Waals surface area (Å²) in [5.74, 6) is -1.27. The van der Waals surface area contributed by atoms with Gasteiger partial charge in [-0.25, -0.2) is 4.79 Å². The normalized spacial score (nSPS) is 13.7. The molecule has 0 unspecified atom stereocenters. The minimum Gasteiger partial charge on any atom is -0.380 e. The molecule has 3 rings (SSSR count). The summed E-state index contributed by atoms with van der Waals surface area (Å²) >= 11 is 0. The van der Waals surface area contributed by atoms with Gasteiger partial charge in [0.05, 0.1) is 11.1 Å². The second kappa shape index (κ2) is 7.56. The SMILES string of the molecule is N/C(=N/OC(=O)CCCN1C(=O)c2ccccc2C1=O)c1cccnc1. The van der Waals surface area contributed by atoms with Crippen molar-refractivity contribution in [2.24, 2.45) is 10.9 Å². The molecule has 2 amide bonds. The molecule has 26 heavy (non-hydrogen) atoms. The monoisotopic (exact) mass is 352 g/mol. The van der Waals surface area contributed by atoms with Gasteiger partial charge in [0.2, 0.25) is 0 Å². The minimum atomic E-state index is -0.603. The van der Waals surface area contributed by atoms with E-state index in [0.717, 1.165) is 4.90 Å². The molecule has 2 heterocycles. The first-order valence-electron chi connectivity index (χ1n) is 7.97. The fourth-order valence-electron chi connectivity index (χ4n) is 2.54. The Morgan fingerprint density at radius 3 is 2.42 bits per heavy atom. The lowest BCUT2D eigenvalue weighted by atomic mass is 10.1. The molecule has 8 nitrogen and oxygen atoms in total. The van der Waals surface area contributed by atoms with E-state index in [-0.39, 0.29) is 37.0 Å². The van der Waals surface area contributed by atoms with Crippen LogP contribution in [0.5, 0.6) is 0 Å². The molecule has 1 aliphatic rings. The lowest BCUT2D eigenvalue weighted by Gasteiger charge is -2.12.